The van der Waals surface area contributed by atoms with Crippen molar-refractivity contribution in [1.29, 1.82) is 0 Å². The molecule has 18 heavy (non-hydrogen) atoms. The van der Waals surface area contributed by atoms with Gasteiger partial charge in [-0.1, -0.05) is 12.1 Å². The number of nitrogens with one attached hydrogen (secondary N) is 1. The molecule has 98 valence electrons. The molecule has 0 aromatic heterocycles. The Morgan fingerprint density at radius 1 is 1.22 bits per heavy atom. The van der Waals surface area contributed by atoms with Crippen molar-refractivity contribution in [1.82, 2.24) is 5.32 Å². The number of carbonyl (C=O) groups excluding carboxylic acids is 1. The van der Waals surface area contributed by atoms with Crippen LogP contribution in [0.5, 0.6) is 0 Å². The number of rotatable bonds is 6. The van der Waals surface area contributed by atoms with Crippen LogP contribution in [0, 0.1) is 5.82 Å². The van der Waals surface area contributed by atoms with Gasteiger partial charge in [-0.25, -0.2) is 4.39 Å². The zero-order valence-corrected chi connectivity index (χ0v) is 10.2. The lowest BCUT2D eigenvalue weighted by atomic mass is 10.2. The topological polar surface area (TPSA) is 83.5 Å². The van der Waals surface area contributed by atoms with Crippen LogP contribution in [0.2, 0.25) is 0 Å². The van der Waals surface area contributed by atoms with E-state index in [1.54, 1.807) is 0 Å². The summed E-state index contributed by atoms with van der Waals surface area (Å²) in [7, 11) is -1.71. The predicted molar refractivity (Wildman–Crippen MR) is 63.8 cm³/mol. The molecule has 0 saturated heterocycles. The van der Waals surface area contributed by atoms with Crippen LogP contribution in [0.1, 0.15) is 5.56 Å². The molecule has 0 heterocycles. The lowest BCUT2D eigenvalue weighted by molar-refractivity contribution is -0.133. The smallest absolute Gasteiger partial charge is 0.316 e. The Balaban J connectivity index is 2.35. The van der Waals surface area contributed by atoms with Gasteiger partial charge in [-0.15, -0.1) is 0 Å². The zero-order chi connectivity index (χ0) is 13.5. The first kappa shape index (κ1) is 14.3. The molecule has 1 atom stereocenters. The van der Waals surface area contributed by atoms with Crippen LogP contribution in [-0.2, 0) is 26.9 Å². The van der Waals surface area contributed by atoms with Crippen molar-refractivity contribution >= 4 is 22.7 Å². The van der Waals surface area contributed by atoms with E-state index in [-0.39, 0.29) is 18.1 Å². The minimum Gasteiger partial charge on any atom is -0.481 e. The van der Waals surface area contributed by atoms with Gasteiger partial charge in [0.25, 0.3) is 0 Å². The molecule has 1 rings (SSSR count). The molecule has 0 unspecified atom stereocenters. The van der Waals surface area contributed by atoms with E-state index in [4.69, 9.17) is 5.11 Å². The SMILES string of the molecule is O=C(O)C[S@](=O)CC(=O)NCc1ccc(F)cc1. The second kappa shape index (κ2) is 6.85. The van der Waals surface area contributed by atoms with Crippen LogP contribution < -0.4 is 5.32 Å². The molecule has 1 aromatic carbocycles. The molecule has 1 aromatic rings. The Bertz CT molecular complexity index is 461. The van der Waals surface area contributed by atoms with Gasteiger partial charge >= 0.3 is 5.97 Å². The van der Waals surface area contributed by atoms with Crippen molar-refractivity contribution in [3.8, 4) is 0 Å². The molecule has 2 N–H and O–H groups in total. The molecular formula is C11H12FNO4S. The largest absolute Gasteiger partial charge is 0.481 e. The van der Waals surface area contributed by atoms with Crippen LogP contribution in [0.15, 0.2) is 24.3 Å². The molecule has 0 saturated carbocycles. The first-order valence-corrected chi connectivity index (χ1v) is 6.54. The number of benzene rings is 1. The van der Waals surface area contributed by atoms with Gasteiger partial charge in [-0.05, 0) is 17.7 Å². The summed E-state index contributed by atoms with van der Waals surface area (Å²) in [6.45, 7) is 0.184. The van der Waals surface area contributed by atoms with Crippen molar-refractivity contribution in [2.24, 2.45) is 0 Å². The maximum atomic E-state index is 12.6. The molecular weight excluding hydrogens is 261 g/mol. The molecule has 0 bridgehead atoms. The van der Waals surface area contributed by atoms with Gasteiger partial charge in [0, 0.05) is 17.3 Å². The van der Waals surface area contributed by atoms with Crippen molar-refractivity contribution in [2.75, 3.05) is 11.5 Å². The second-order valence-corrected chi connectivity index (χ2v) is 4.98. The van der Waals surface area contributed by atoms with E-state index in [1.807, 2.05) is 0 Å². The molecule has 0 aliphatic carbocycles. The van der Waals surface area contributed by atoms with E-state index in [2.05, 4.69) is 5.32 Å². The molecule has 1 amide bonds. The van der Waals surface area contributed by atoms with Gasteiger partial charge in [-0.3, -0.25) is 13.8 Å². The Hall–Kier alpha value is -1.76. The summed E-state index contributed by atoms with van der Waals surface area (Å²) in [6, 6.07) is 5.57. The molecule has 0 radical (unpaired) electrons. The van der Waals surface area contributed by atoms with E-state index in [0.29, 0.717) is 5.56 Å². The third-order valence-corrected chi connectivity index (χ3v) is 3.13. The third-order valence-electron chi connectivity index (χ3n) is 1.98. The Kier molecular flexibility index (Phi) is 5.44. The van der Waals surface area contributed by atoms with Crippen molar-refractivity contribution in [3.05, 3.63) is 35.6 Å². The molecule has 0 aliphatic rings. The maximum Gasteiger partial charge on any atom is 0.316 e. The van der Waals surface area contributed by atoms with Crippen LogP contribution in [0.3, 0.4) is 0 Å². The molecule has 0 spiro atoms. The minimum atomic E-state index is -1.71. The minimum absolute atomic E-state index is 0.184. The number of hydrogen-bond donors (Lipinski definition) is 2. The molecule has 0 fully saturated rings. The lowest BCUT2D eigenvalue weighted by Crippen LogP contribution is -2.29. The first-order valence-electron chi connectivity index (χ1n) is 5.05. The summed E-state index contributed by atoms with van der Waals surface area (Å²) in [4.78, 5) is 21.5. The Morgan fingerprint density at radius 2 is 1.83 bits per heavy atom. The maximum absolute atomic E-state index is 12.6. The summed E-state index contributed by atoms with van der Waals surface area (Å²) < 4.78 is 23.7. The molecule has 7 heteroatoms. The molecule has 5 nitrogen and oxygen atoms in total. The number of amides is 1. The van der Waals surface area contributed by atoms with E-state index in [9.17, 15) is 18.2 Å². The molecule has 0 aliphatic heterocycles. The van der Waals surface area contributed by atoms with Crippen molar-refractivity contribution in [2.45, 2.75) is 6.54 Å². The third kappa shape index (κ3) is 5.53. The average Bonchev–Trinajstić information content (AvgIpc) is 2.27. The highest BCUT2D eigenvalue weighted by Crippen LogP contribution is 2.01. The predicted octanol–water partition coefficient (Wildman–Crippen LogP) is 0.275. The Labute approximate surface area is 105 Å². The number of carbonyl (C=O) groups is 2. The highest BCUT2D eigenvalue weighted by atomic mass is 32.2. The summed E-state index contributed by atoms with van der Waals surface area (Å²) in [6.07, 6.45) is 0. The number of aliphatic carboxylic acids is 1. The second-order valence-electron chi connectivity index (χ2n) is 3.53. The summed E-state index contributed by atoms with van der Waals surface area (Å²) in [5.74, 6) is -2.98. The van der Waals surface area contributed by atoms with Crippen molar-refractivity contribution in [3.63, 3.8) is 0 Å². The van der Waals surface area contributed by atoms with E-state index >= 15 is 0 Å². The summed E-state index contributed by atoms with van der Waals surface area (Å²) in [5.41, 5.74) is 0.703. The van der Waals surface area contributed by atoms with Crippen LogP contribution in [0.4, 0.5) is 4.39 Å². The summed E-state index contributed by atoms with van der Waals surface area (Å²) in [5, 5.41) is 10.8. The van der Waals surface area contributed by atoms with Gasteiger partial charge in [-0.2, -0.15) is 0 Å². The van der Waals surface area contributed by atoms with Crippen LogP contribution in [0.25, 0.3) is 0 Å². The highest BCUT2D eigenvalue weighted by Gasteiger charge is 2.11. The van der Waals surface area contributed by atoms with Gasteiger partial charge in [0.1, 0.15) is 17.3 Å². The van der Waals surface area contributed by atoms with E-state index in [1.165, 1.54) is 24.3 Å². The van der Waals surface area contributed by atoms with Gasteiger partial charge in [0.2, 0.25) is 5.91 Å². The monoisotopic (exact) mass is 273 g/mol. The van der Waals surface area contributed by atoms with Gasteiger partial charge in [0.05, 0.1) is 0 Å². The quantitative estimate of drug-likeness (QED) is 0.779. The fraction of sp³-hybridized carbons (Fsp3) is 0.273. The number of halogens is 1. The van der Waals surface area contributed by atoms with E-state index in [0.717, 1.165) is 0 Å². The zero-order valence-electron chi connectivity index (χ0n) is 9.39. The average molecular weight is 273 g/mol. The number of hydrogen-bond acceptors (Lipinski definition) is 3. The number of carboxylic acid groups (broad SMARTS) is 1. The first-order chi connectivity index (χ1) is 8.47. The fourth-order valence-corrected chi connectivity index (χ4v) is 1.96. The van der Waals surface area contributed by atoms with Crippen LogP contribution in [-0.4, -0.2) is 32.7 Å². The highest BCUT2D eigenvalue weighted by molar-refractivity contribution is 7.86. The normalized spacial score (nSPS) is 11.8. The lowest BCUT2D eigenvalue weighted by Gasteiger charge is -2.04. The number of carboxylic acids is 1. The van der Waals surface area contributed by atoms with Gasteiger partial charge in [0.15, 0.2) is 0 Å². The fourth-order valence-electron chi connectivity index (χ4n) is 1.19. The standard InChI is InChI=1S/C11H12FNO4S/c12-9-3-1-8(2-4-9)5-13-10(14)6-18(17)7-11(15)16/h1-4H,5-7H2,(H,13,14)(H,15,16)/t18-/m1/s1. The van der Waals surface area contributed by atoms with Crippen LogP contribution >= 0.6 is 0 Å². The van der Waals surface area contributed by atoms with E-state index < -0.39 is 28.4 Å². The van der Waals surface area contributed by atoms with Crippen molar-refractivity contribution < 1.29 is 23.3 Å². The summed E-state index contributed by atoms with van der Waals surface area (Å²) >= 11 is 0. The van der Waals surface area contributed by atoms with Gasteiger partial charge < -0.3 is 10.4 Å². The Morgan fingerprint density at radius 3 is 2.39 bits per heavy atom.